The van der Waals surface area contributed by atoms with E-state index in [2.05, 4.69) is 10.4 Å². The first-order chi connectivity index (χ1) is 11.7. The van der Waals surface area contributed by atoms with E-state index in [1.807, 2.05) is 52.8 Å². The van der Waals surface area contributed by atoms with Crippen LogP contribution in [0.25, 0.3) is 0 Å². The molecule has 134 valence electrons. The van der Waals surface area contributed by atoms with Gasteiger partial charge in [-0.2, -0.15) is 5.10 Å². The molecule has 2 aromatic rings. The lowest BCUT2D eigenvalue weighted by Crippen LogP contribution is -2.35. The number of amides is 1. The predicted molar refractivity (Wildman–Crippen MR) is 95.6 cm³/mol. The highest BCUT2D eigenvalue weighted by molar-refractivity contribution is 5.96. The van der Waals surface area contributed by atoms with Crippen LogP contribution in [0.3, 0.4) is 0 Å². The zero-order chi connectivity index (χ0) is 18.6. The summed E-state index contributed by atoms with van der Waals surface area (Å²) in [4.78, 5) is 23.9. The minimum atomic E-state index is -0.480. The summed E-state index contributed by atoms with van der Waals surface area (Å²) >= 11 is 0. The number of hydrogen-bond acceptors (Lipinski definition) is 4. The van der Waals surface area contributed by atoms with Gasteiger partial charge in [-0.15, -0.1) is 0 Å². The van der Waals surface area contributed by atoms with E-state index in [-0.39, 0.29) is 30.7 Å². The van der Waals surface area contributed by atoms with Crippen LogP contribution in [0.2, 0.25) is 0 Å². The largest absolute Gasteiger partial charge is 0.471 e. The first kappa shape index (κ1) is 18.7. The zero-order valence-electron chi connectivity index (χ0n) is 15.4. The van der Waals surface area contributed by atoms with Gasteiger partial charge in [-0.05, 0) is 37.1 Å². The number of aryl methyl sites for hydroxylation is 2. The molecule has 1 aromatic carbocycles. The molecule has 0 saturated carbocycles. The van der Waals surface area contributed by atoms with Crippen molar-refractivity contribution in [2.75, 3.05) is 6.54 Å². The number of ketones is 1. The lowest BCUT2D eigenvalue weighted by molar-refractivity contribution is -0.125. The number of rotatable bonds is 6. The Morgan fingerprint density at radius 1 is 1.20 bits per heavy atom. The third kappa shape index (κ3) is 5.17. The van der Waals surface area contributed by atoms with Crippen molar-refractivity contribution in [3.63, 3.8) is 0 Å². The van der Waals surface area contributed by atoms with Gasteiger partial charge in [-0.3, -0.25) is 9.59 Å². The van der Waals surface area contributed by atoms with Crippen LogP contribution in [-0.4, -0.2) is 28.0 Å². The summed E-state index contributed by atoms with van der Waals surface area (Å²) in [6, 6.07) is 7.59. The van der Waals surface area contributed by atoms with Crippen LogP contribution in [0.4, 0.5) is 0 Å². The first-order valence-corrected chi connectivity index (χ1v) is 8.22. The molecule has 0 bridgehead atoms. The fourth-order valence-electron chi connectivity index (χ4n) is 2.07. The minimum Gasteiger partial charge on any atom is -0.471 e. The highest BCUT2D eigenvalue weighted by Crippen LogP contribution is 2.19. The van der Waals surface area contributed by atoms with Crippen molar-refractivity contribution in [3.05, 3.63) is 47.3 Å². The van der Waals surface area contributed by atoms with Gasteiger partial charge in [0.05, 0.1) is 6.54 Å². The third-order valence-electron chi connectivity index (χ3n) is 3.82. The summed E-state index contributed by atoms with van der Waals surface area (Å²) in [6.45, 7) is 9.64. The number of carbonyl (C=O) groups is 2. The summed E-state index contributed by atoms with van der Waals surface area (Å²) in [5.41, 5.74) is 1.93. The number of ether oxygens (including phenoxy) is 1. The number of hydrogen-bond donors (Lipinski definition) is 1. The molecule has 0 saturated heterocycles. The molecule has 0 spiro atoms. The maximum Gasteiger partial charge on any atom is 0.272 e. The molecule has 0 aliphatic heterocycles. The fourth-order valence-corrected chi connectivity index (χ4v) is 2.07. The third-order valence-corrected chi connectivity index (χ3v) is 3.82. The van der Waals surface area contributed by atoms with Gasteiger partial charge in [-0.1, -0.05) is 32.9 Å². The number of nitrogens with one attached hydrogen (secondary N) is 1. The standard InChI is InChI=1S/C19H25N3O3/c1-13-6-7-14(2)16(10-13)25-12-22-9-8-15(21-22)18(24)20-11-17(23)19(3,4)5/h6-10H,11-12H2,1-5H3,(H,20,24). The molecule has 25 heavy (non-hydrogen) atoms. The van der Waals surface area contributed by atoms with E-state index < -0.39 is 5.41 Å². The Morgan fingerprint density at radius 3 is 2.60 bits per heavy atom. The Morgan fingerprint density at radius 2 is 1.92 bits per heavy atom. The van der Waals surface area contributed by atoms with Crippen LogP contribution in [-0.2, 0) is 11.5 Å². The quantitative estimate of drug-likeness (QED) is 0.875. The Labute approximate surface area is 148 Å². The van der Waals surface area contributed by atoms with Crippen LogP contribution in [0.15, 0.2) is 30.5 Å². The smallest absolute Gasteiger partial charge is 0.272 e. The molecule has 0 atom stereocenters. The van der Waals surface area contributed by atoms with Gasteiger partial charge in [-0.25, -0.2) is 4.68 Å². The van der Waals surface area contributed by atoms with Crippen molar-refractivity contribution >= 4 is 11.7 Å². The topological polar surface area (TPSA) is 73.2 Å². The van der Waals surface area contributed by atoms with Gasteiger partial charge in [0.2, 0.25) is 0 Å². The average molecular weight is 343 g/mol. The molecule has 0 aliphatic rings. The van der Waals surface area contributed by atoms with Crippen molar-refractivity contribution in [2.45, 2.75) is 41.3 Å². The second kappa shape index (κ2) is 7.51. The molecule has 1 amide bonds. The van der Waals surface area contributed by atoms with Crippen molar-refractivity contribution in [1.82, 2.24) is 15.1 Å². The Hall–Kier alpha value is -2.63. The number of nitrogens with zero attached hydrogens (tertiary/aromatic N) is 2. The van der Waals surface area contributed by atoms with Crippen LogP contribution in [0, 0.1) is 19.3 Å². The van der Waals surface area contributed by atoms with Gasteiger partial charge in [0.1, 0.15) is 11.4 Å². The number of carbonyl (C=O) groups excluding carboxylic acids is 2. The van der Waals surface area contributed by atoms with Crippen LogP contribution < -0.4 is 10.1 Å². The molecule has 1 aromatic heterocycles. The molecule has 0 unspecified atom stereocenters. The molecule has 1 heterocycles. The van der Waals surface area contributed by atoms with E-state index in [1.54, 1.807) is 16.9 Å². The van der Waals surface area contributed by atoms with E-state index in [0.717, 1.165) is 16.9 Å². The fraction of sp³-hybridized carbons (Fsp3) is 0.421. The second-order valence-electron chi connectivity index (χ2n) is 7.14. The molecule has 0 aliphatic carbocycles. The number of benzene rings is 1. The van der Waals surface area contributed by atoms with E-state index in [0.29, 0.717) is 0 Å². The first-order valence-electron chi connectivity index (χ1n) is 8.22. The maximum atomic E-state index is 12.1. The highest BCUT2D eigenvalue weighted by atomic mass is 16.5. The summed E-state index contributed by atoms with van der Waals surface area (Å²) in [5.74, 6) is 0.388. The minimum absolute atomic E-state index is 0.00577. The predicted octanol–water partition coefficient (Wildman–Crippen LogP) is 2.88. The number of aromatic nitrogens is 2. The van der Waals surface area contributed by atoms with Gasteiger partial charge in [0.15, 0.2) is 12.5 Å². The lowest BCUT2D eigenvalue weighted by atomic mass is 9.91. The monoisotopic (exact) mass is 343 g/mol. The molecular weight excluding hydrogens is 318 g/mol. The van der Waals surface area contributed by atoms with E-state index in [4.69, 9.17) is 4.74 Å². The van der Waals surface area contributed by atoms with Crippen molar-refractivity contribution in [2.24, 2.45) is 5.41 Å². The summed E-state index contributed by atoms with van der Waals surface area (Å²) in [5, 5.41) is 6.79. The average Bonchev–Trinajstić information content (AvgIpc) is 3.01. The van der Waals surface area contributed by atoms with Gasteiger partial charge >= 0.3 is 0 Å². The highest BCUT2D eigenvalue weighted by Gasteiger charge is 2.22. The Bertz CT molecular complexity index is 772. The normalized spacial score (nSPS) is 11.2. The Kier molecular flexibility index (Phi) is 5.62. The van der Waals surface area contributed by atoms with Gasteiger partial charge in [0.25, 0.3) is 5.91 Å². The van der Waals surface area contributed by atoms with Crippen LogP contribution >= 0.6 is 0 Å². The molecular formula is C19H25N3O3. The maximum absolute atomic E-state index is 12.1. The van der Waals surface area contributed by atoms with E-state index >= 15 is 0 Å². The van der Waals surface area contributed by atoms with Crippen molar-refractivity contribution < 1.29 is 14.3 Å². The summed E-state index contributed by atoms with van der Waals surface area (Å²) in [7, 11) is 0. The second-order valence-corrected chi connectivity index (χ2v) is 7.14. The molecule has 6 heteroatoms. The van der Waals surface area contributed by atoms with Crippen LogP contribution in [0.5, 0.6) is 5.75 Å². The molecule has 0 fully saturated rings. The van der Waals surface area contributed by atoms with E-state index in [1.165, 1.54) is 0 Å². The van der Waals surface area contributed by atoms with Gasteiger partial charge in [0, 0.05) is 11.6 Å². The zero-order valence-corrected chi connectivity index (χ0v) is 15.4. The molecule has 2 rings (SSSR count). The summed E-state index contributed by atoms with van der Waals surface area (Å²) < 4.78 is 7.30. The van der Waals surface area contributed by atoms with E-state index in [9.17, 15) is 9.59 Å². The number of Topliss-reactive ketones (excluding diaryl/α,β-unsaturated/α-hetero) is 1. The van der Waals surface area contributed by atoms with Crippen molar-refractivity contribution in [3.8, 4) is 5.75 Å². The molecule has 1 N–H and O–H groups in total. The molecule has 6 nitrogen and oxygen atoms in total. The lowest BCUT2D eigenvalue weighted by Gasteiger charge is -2.16. The summed E-state index contributed by atoms with van der Waals surface area (Å²) in [6.07, 6.45) is 1.67. The molecule has 0 radical (unpaired) electrons. The van der Waals surface area contributed by atoms with Gasteiger partial charge < -0.3 is 10.1 Å². The van der Waals surface area contributed by atoms with Crippen molar-refractivity contribution in [1.29, 1.82) is 0 Å². The SMILES string of the molecule is Cc1ccc(C)c(OCn2ccc(C(=O)NCC(=O)C(C)(C)C)n2)c1. The van der Waals surface area contributed by atoms with Crippen LogP contribution in [0.1, 0.15) is 42.4 Å². The Balaban J connectivity index is 1.92.